The normalized spacial score (nSPS) is 29.1. The second-order valence-electron chi connectivity index (χ2n) is 7.22. The zero-order valence-electron chi connectivity index (χ0n) is 15.4. The minimum absolute atomic E-state index is 0.332. The molecule has 2 aromatic carbocycles. The van der Waals surface area contributed by atoms with Gasteiger partial charge in [0.25, 0.3) is 0 Å². The van der Waals surface area contributed by atoms with Gasteiger partial charge in [0.2, 0.25) is 11.8 Å². The molecule has 0 aromatic heterocycles. The van der Waals surface area contributed by atoms with E-state index in [0.717, 1.165) is 5.56 Å². The number of benzene rings is 2. The lowest BCUT2D eigenvalue weighted by Gasteiger charge is -2.28. The number of hydrogen-bond donors (Lipinski definition) is 1. The van der Waals surface area contributed by atoms with Crippen LogP contribution in [-0.2, 0) is 19.1 Å². The third kappa shape index (κ3) is 2.64. The summed E-state index contributed by atoms with van der Waals surface area (Å²) in [4.78, 5) is 40.4. The SMILES string of the molecule is COC(=O)[C@]1(C)N[C@H](c2ccc(Cl)cc2)[C@@H]2C(=O)N(c3ccccc3)C(=O)[C@@H]21. The van der Waals surface area contributed by atoms with Gasteiger partial charge >= 0.3 is 5.97 Å². The maximum atomic E-state index is 13.3. The number of imide groups is 1. The predicted molar refractivity (Wildman–Crippen MR) is 104 cm³/mol. The van der Waals surface area contributed by atoms with Crippen molar-refractivity contribution in [2.75, 3.05) is 12.0 Å². The zero-order chi connectivity index (χ0) is 20.1. The number of nitrogens with one attached hydrogen (secondary N) is 1. The summed E-state index contributed by atoms with van der Waals surface area (Å²) in [5.41, 5.74) is -0.0444. The van der Waals surface area contributed by atoms with Gasteiger partial charge in [-0.15, -0.1) is 0 Å². The lowest BCUT2D eigenvalue weighted by atomic mass is 9.80. The van der Waals surface area contributed by atoms with Crippen LogP contribution in [0.2, 0.25) is 5.02 Å². The Balaban J connectivity index is 1.82. The Hall–Kier alpha value is -2.70. The number of esters is 1. The minimum atomic E-state index is -1.32. The van der Waals surface area contributed by atoms with Crippen molar-refractivity contribution in [1.82, 2.24) is 5.32 Å². The number of amides is 2. The molecule has 0 aliphatic carbocycles. The molecule has 6 nitrogen and oxygen atoms in total. The van der Waals surface area contributed by atoms with Gasteiger partial charge < -0.3 is 4.74 Å². The van der Waals surface area contributed by atoms with E-state index in [1.165, 1.54) is 12.0 Å². The molecule has 0 bridgehead atoms. The van der Waals surface area contributed by atoms with Crippen LogP contribution in [0, 0.1) is 11.8 Å². The first-order chi connectivity index (χ1) is 13.4. The van der Waals surface area contributed by atoms with Crippen molar-refractivity contribution < 1.29 is 19.1 Å². The monoisotopic (exact) mass is 398 g/mol. The average Bonchev–Trinajstić information content (AvgIpc) is 3.16. The Morgan fingerprint density at radius 3 is 2.32 bits per heavy atom. The molecule has 2 aliphatic rings. The summed E-state index contributed by atoms with van der Waals surface area (Å²) >= 11 is 5.99. The van der Waals surface area contributed by atoms with Gasteiger partial charge in [-0.3, -0.25) is 19.7 Å². The number of nitrogens with zero attached hydrogens (tertiary/aromatic N) is 1. The van der Waals surface area contributed by atoms with E-state index in [-0.39, 0.29) is 5.91 Å². The molecule has 144 valence electrons. The number of carbonyl (C=O) groups excluding carboxylic acids is 3. The highest BCUT2D eigenvalue weighted by atomic mass is 35.5. The summed E-state index contributed by atoms with van der Waals surface area (Å²) in [6.07, 6.45) is 0. The predicted octanol–water partition coefficient (Wildman–Crippen LogP) is 2.72. The molecule has 0 saturated carbocycles. The third-order valence-electron chi connectivity index (χ3n) is 5.64. The van der Waals surface area contributed by atoms with Crippen molar-refractivity contribution in [3.8, 4) is 0 Å². The van der Waals surface area contributed by atoms with E-state index in [4.69, 9.17) is 16.3 Å². The van der Waals surface area contributed by atoms with Gasteiger partial charge in [0, 0.05) is 11.1 Å². The van der Waals surface area contributed by atoms with Crippen molar-refractivity contribution in [2.24, 2.45) is 11.8 Å². The highest BCUT2D eigenvalue weighted by molar-refractivity contribution is 6.30. The number of ether oxygens (including phenoxy) is 1. The molecular weight excluding hydrogens is 380 g/mol. The van der Waals surface area contributed by atoms with Crippen LogP contribution in [0.5, 0.6) is 0 Å². The fourth-order valence-corrected chi connectivity index (χ4v) is 4.45. The van der Waals surface area contributed by atoms with Gasteiger partial charge in [-0.25, -0.2) is 4.90 Å². The van der Waals surface area contributed by atoms with Crippen LogP contribution in [0.25, 0.3) is 0 Å². The van der Waals surface area contributed by atoms with Crippen LogP contribution in [-0.4, -0.2) is 30.4 Å². The van der Waals surface area contributed by atoms with Crippen molar-refractivity contribution in [3.63, 3.8) is 0 Å². The van der Waals surface area contributed by atoms with Crippen LogP contribution in [0.4, 0.5) is 5.69 Å². The lowest BCUT2D eigenvalue weighted by Crippen LogP contribution is -2.54. The molecule has 0 unspecified atom stereocenters. The van der Waals surface area contributed by atoms with E-state index in [0.29, 0.717) is 10.7 Å². The van der Waals surface area contributed by atoms with Crippen LogP contribution >= 0.6 is 11.6 Å². The van der Waals surface area contributed by atoms with Crippen molar-refractivity contribution in [1.29, 1.82) is 0 Å². The Morgan fingerprint density at radius 2 is 1.71 bits per heavy atom. The molecule has 2 aliphatic heterocycles. The van der Waals surface area contributed by atoms with Crippen LogP contribution < -0.4 is 10.2 Å². The first-order valence-corrected chi connectivity index (χ1v) is 9.30. The van der Waals surface area contributed by atoms with E-state index >= 15 is 0 Å². The molecule has 7 heteroatoms. The van der Waals surface area contributed by atoms with Gasteiger partial charge in [0.05, 0.1) is 24.6 Å². The van der Waals surface area contributed by atoms with E-state index in [2.05, 4.69) is 5.32 Å². The van der Waals surface area contributed by atoms with Crippen LogP contribution in [0.15, 0.2) is 54.6 Å². The van der Waals surface area contributed by atoms with Crippen molar-refractivity contribution >= 4 is 35.1 Å². The highest BCUT2D eigenvalue weighted by Gasteiger charge is 2.67. The van der Waals surface area contributed by atoms with Gasteiger partial charge in [0.15, 0.2) is 0 Å². The van der Waals surface area contributed by atoms with E-state index in [1.807, 2.05) is 6.07 Å². The van der Waals surface area contributed by atoms with E-state index < -0.39 is 35.3 Å². The van der Waals surface area contributed by atoms with Crippen molar-refractivity contribution in [2.45, 2.75) is 18.5 Å². The topological polar surface area (TPSA) is 75.7 Å². The number of anilines is 1. The Labute approximate surface area is 167 Å². The number of methoxy groups -OCH3 is 1. The van der Waals surface area contributed by atoms with Gasteiger partial charge in [-0.1, -0.05) is 41.9 Å². The summed E-state index contributed by atoms with van der Waals surface area (Å²) in [5.74, 6) is -2.90. The summed E-state index contributed by atoms with van der Waals surface area (Å²) < 4.78 is 4.97. The molecule has 2 fully saturated rings. The second-order valence-corrected chi connectivity index (χ2v) is 7.65. The number of hydrogen-bond acceptors (Lipinski definition) is 5. The summed E-state index contributed by atoms with van der Waals surface area (Å²) in [6.45, 7) is 1.62. The van der Waals surface area contributed by atoms with Crippen LogP contribution in [0.1, 0.15) is 18.5 Å². The summed E-state index contributed by atoms with van der Waals surface area (Å²) in [6, 6.07) is 15.3. The van der Waals surface area contributed by atoms with E-state index in [1.54, 1.807) is 55.5 Å². The fraction of sp³-hybridized carbons (Fsp3) is 0.286. The number of halogens is 1. The number of fused-ring (bicyclic) bond motifs is 1. The molecule has 2 heterocycles. The zero-order valence-corrected chi connectivity index (χ0v) is 16.1. The Bertz CT molecular complexity index is 947. The highest BCUT2D eigenvalue weighted by Crippen LogP contribution is 2.49. The standard InChI is InChI=1S/C21H19ClN2O4/c1-21(20(27)28-2)16-15(17(23-21)12-8-10-13(22)11-9-12)18(25)24(19(16)26)14-6-4-3-5-7-14/h3-11,15-17,23H,1-2H3/t15-,16-,17-,21-/m1/s1. The molecule has 28 heavy (non-hydrogen) atoms. The molecule has 2 amide bonds. The maximum absolute atomic E-state index is 13.3. The smallest absolute Gasteiger partial charge is 0.326 e. The third-order valence-corrected chi connectivity index (χ3v) is 5.89. The van der Waals surface area contributed by atoms with Gasteiger partial charge in [-0.2, -0.15) is 0 Å². The second kappa shape index (κ2) is 6.72. The van der Waals surface area contributed by atoms with Crippen LogP contribution in [0.3, 0.4) is 0 Å². The fourth-order valence-electron chi connectivity index (χ4n) is 4.33. The lowest BCUT2D eigenvalue weighted by molar-refractivity contribution is -0.151. The number of rotatable bonds is 3. The maximum Gasteiger partial charge on any atom is 0.326 e. The quantitative estimate of drug-likeness (QED) is 0.635. The molecule has 2 saturated heterocycles. The van der Waals surface area contributed by atoms with Gasteiger partial charge in [0.1, 0.15) is 5.54 Å². The molecule has 0 radical (unpaired) electrons. The number of carbonyl (C=O) groups is 3. The molecule has 1 N–H and O–H groups in total. The minimum Gasteiger partial charge on any atom is -0.468 e. The van der Waals surface area contributed by atoms with E-state index in [9.17, 15) is 14.4 Å². The number of para-hydroxylation sites is 1. The Kier molecular flexibility index (Phi) is 4.48. The molecule has 4 atom stereocenters. The van der Waals surface area contributed by atoms with Gasteiger partial charge in [-0.05, 0) is 36.8 Å². The largest absolute Gasteiger partial charge is 0.468 e. The Morgan fingerprint density at radius 1 is 1.07 bits per heavy atom. The molecule has 4 rings (SSSR count). The van der Waals surface area contributed by atoms with Crippen molar-refractivity contribution in [3.05, 3.63) is 65.2 Å². The summed E-state index contributed by atoms with van der Waals surface area (Å²) in [5, 5.41) is 3.77. The molecule has 0 spiro atoms. The molecule has 2 aromatic rings. The summed E-state index contributed by atoms with van der Waals surface area (Å²) in [7, 11) is 1.27. The first kappa shape index (κ1) is 18.7. The molecular formula is C21H19ClN2O4. The average molecular weight is 399 g/mol. The first-order valence-electron chi connectivity index (χ1n) is 8.93.